The number of hydrogen-bond acceptors (Lipinski definition) is 4. The van der Waals surface area contributed by atoms with Gasteiger partial charge < -0.3 is 5.11 Å². The number of carboxylic acid groups (broad SMARTS) is 1. The number of aliphatic carboxylic acids is 1. The quantitative estimate of drug-likeness (QED) is 0.353. The number of benzene rings is 3. The highest BCUT2D eigenvalue weighted by atomic mass is 32.2. The molecule has 0 saturated heterocycles. The van der Waals surface area contributed by atoms with Gasteiger partial charge in [0, 0.05) is 25.5 Å². The van der Waals surface area contributed by atoms with Crippen LogP contribution in [0.1, 0.15) is 23.6 Å². The molecule has 180 valence electrons. The molecule has 0 saturated carbocycles. The molecule has 0 bridgehead atoms. The van der Waals surface area contributed by atoms with Crippen LogP contribution in [0.2, 0.25) is 0 Å². The lowest BCUT2D eigenvalue weighted by molar-refractivity contribution is -0.141. The van der Waals surface area contributed by atoms with E-state index in [-0.39, 0.29) is 18.0 Å². The maximum absolute atomic E-state index is 13.6. The van der Waals surface area contributed by atoms with Crippen LogP contribution < -0.4 is 0 Å². The monoisotopic (exact) mass is 489 g/mol. The van der Waals surface area contributed by atoms with E-state index in [4.69, 9.17) is 0 Å². The van der Waals surface area contributed by atoms with E-state index >= 15 is 0 Å². The molecule has 3 aromatic carbocycles. The standard InChI is InChI=1S/C27H27N3O4S/c1-21(27(31)32)17-23-7-5-8-24(18-23)20-29(35(33,34)26-9-3-2-4-10-26)19-22-11-13-25(14-12-22)30-16-6-15-28-30/h2-16,18,21H,17,19-20H2,1H3,(H,31,32). The number of sulfonamides is 1. The second-order valence-corrected chi connectivity index (χ2v) is 10.4. The summed E-state index contributed by atoms with van der Waals surface area (Å²) in [7, 11) is -3.78. The van der Waals surface area contributed by atoms with Gasteiger partial charge in [-0.15, -0.1) is 0 Å². The molecule has 0 spiro atoms. The highest BCUT2D eigenvalue weighted by Gasteiger charge is 2.25. The molecular formula is C27H27N3O4S. The van der Waals surface area contributed by atoms with Gasteiger partial charge in [-0.1, -0.05) is 61.5 Å². The molecule has 1 atom stereocenters. The second kappa shape index (κ2) is 10.7. The Balaban J connectivity index is 1.62. The van der Waals surface area contributed by atoms with E-state index < -0.39 is 21.9 Å². The van der Waals surface area contributed by atoms with Crippen molar-refractivity contribution in [3.8, 4) is 5.69 Å². The van der Waals surface area contributed by atoms with E-state index in [1.54, 1.807) is 48.1 Å². The third-order valence-corrected chi connectivity index (χ3v) is 7.56. The van der Waals surface area contributed by atoms with Gasteiger partial charge in [-0.3, -0.25) is 4.79 Å². The van der Waals surface area contributed by atoms with Crippen molar-refractivity contribution >= 4 is 16.0 Å². The Morgan fingerprint density at radius 3 is 2.26 bits per heavy atom. The first-order chi connectivity index (χ1) is 16.8. The highest BCUT2D eigenvalue weighted by Crippen LogP contribution is 2.23. The predicted octanol–water partition coefficient (Wildman–Crippen LogP) is 4.53. The van der Waals surface area contributed by atoms with Crippen LogP contribution in [0.25, 0.3) is 5.69 Å². The van der Waals surface area contributed by atoms with Crippen LogP contribution in [0, 0.1) is 5.92 Å². The van der Waals surface area contributed by atoms with Crippen LogP contribution in [0.5, 0.6) is 0 Å². The molecule has 4 aromatic rings. The van der Waals surface area contributed by atoms with Gasteiger partial charge in [-0.25, -0.2) is 13.1 Å². The lowest BCUT2D eigenvalue weighted by atomic mass is 9.99. The van der Waals surface area contributed by atoms with Crippen LogP contribution in [0.3, 0.4) is 0 Å². The number of rotatable bonds is 10. The lowest BCUT2D eigenvalue weighted by Crippen LogP contribution is -2.30. The Morgan fingerprint density at radius 2 is 1.60 bits per heavy atom. The number of carbonyl (C=O) groups is 1. The molecule has 1 unspecified atom stereocenters. The lowest BCUT2D eigenvalue weighted by Gasteiger charge is -2.23. The van der Waals surface area contributed by atoms with E-state index in [0.29, 0.717) is 6.42 Å². The van der Waals surface area contributed by atoms with Gasteiger partial charge in [0.05, 0.1) is 16.5 Å². The topological polar surface area (TPSA) is 92.5 Å². The first kappa shape index (κ1) is 24.4. The summed E-state index contributed by atoms with van der Waals surface area (Å²) in [5, 5.41) is 13.5. The van der Waals surface area contributed by atoms with Crippen molar-refractivity contribution in [1.82, 2.24) is 14.1 Å². The Morgan fingerprint density at radius 1 is 0.914 bits per heavy atom. The van der Waals surface area contributed by atoms with Crippen molar-refractivity contribution in [3.63, 3.8) is 0 Å². The first-order valence-electron chi connectivity index (χ1n) is 11.3. The molecule has 0 amide bonds. The Bertz CT molecular complexity index is 1370. The summed E-state index contributed by atoms with van der Waals surface area (Å²) >= 11 is 0. The summed E-state index contributed by atoms with van der Waals surface area (Å²) in [6.07, 6.45) is 3.93. The Hall–Kier alpha value is -3.75. The van der Waals surface area contributed by atoms with Crippen molar-refractivity contribution in [2.24, 2.45) is 5.92 Å². The van der Waals surface area contributed by atoms with Crippen molar-refractivity contribution in [3.05, 3.63) is 114 Å². The number of aromatic nitrogens is 2. The Kier molecular flexibility index (Phi) is 7.43. The number of hydrogen-bond donors (Lipinski definition) is 1. The van der Waals surface area contributed by atoms with Gasteiger partial charge in [0.1, 0.15) is 0 Å². The molecule has 1 heterocycles. The maximum Gasteiger partial charge on any atom is 0.306 e. The molecule has 0 fully saturated rings. The van der Waals surface area contributed by atoms with E-state index in [9.17, 15) is 18.3 Å². The number of nitrogens with zero attached hydrogens (tertiary/aromatic N) is 3. The zero-order valence-corrected chi connectivity index (χ0v) is 20.2. The van der Waals surface area contributed by atoms with Crippen LogP contribution in [-0.2, 0) is 34.3 Å². The molecule has 1 aromatic heterocycles. The fourth-order valence-corrected chi connectivity index (χ4v) is 5.28. The van der Waals surface area contributed by atoms with Gasteiger partial charge in [-0.2, -0.15) is 9.40 Å². The van der Waals surface area contributed by atoms with E-state index in [1.807, 2.05) is 60.8 Å². The van der Waals surface area contributed by atoms with E-state index in [0.717, 1.165) is 22.4 Å². The zero-order valence-electron chi connectivity index (χ0n) is 19.4. The van der Waals surface area contributed by atoms with Gasteiger partial charge in [0.25, 0.3) is 0 Å². The van der Waals surface area contributed by atoms with E-state index in [2.05, 4.69) is 5.10 Å². The average Bonchev–Trinajstić information content (AvgIpc) is 3.40. The molecule has 35 heavy (non-hydrogen) atoms. The van der Waals surface area contributed by atoms with Crippen molar-refractivity contribution < 1.29 is 18.3 Å². The normalized spacial score (nSPS) is 12.5. The fourth-order valence-electron chi connectivity index (χ4n) is 3.85. The molecule has 8 heteroatoms. The summed E-state index contributed by atoms with van der Waals surface area (Å²) in [6, 6.07) is 25.3. The summed E-state index contributed by atoms with van der Waals surface area (Å²) in [5.74, 6) is -1.38. The Labute approximate surface area is 205 Å². The molecule has 0 aliphatic heterocycles. The van der Waals surface area contributed by atoms with Gasteiger partial charge in [0.15, 0.2) is 0 Å². The van der Waals surface area contributed by atoms with Crippen molar-refractivity contribution in [1.29, 1.82) is 0 Å². The van der Waals surface area contributed by atoms with Gasteiger partial charge in [0.2, 0.25) is 10.0 Å². The molecule has 4 rings (SSSR count). The van der Waals surface area contributed by atoms with Crippen molar-refractivity contribution in [2.45, 2.75) is 31.3 Å². The highest BCUT2D eigenvalue weighted by molar-refractivity contribution is 7.89. The summed E-state index contributed by atoms with van der Waals surface area (Å²) in [6.45, 7) is 2.01. The largest absolute Gasteiger partial charge is 0.481 e. The average molecular weight is 490 g/mol. The van der Waals surface area contributed by atoms with Gasteiger partial charge in [-0.05, 0) is 53.4 Å². The summed E-state index contributed by atoms with van der Waals surface area (Å²) < 4.78 is 30.4. The van der Waals surface area contributed by atoms with Crippen LogP contribution in [-0.4, -0.2) is 33.6 Å². The molecule has 7 nitrogen and oxygen atoms in total. The molecular weight excluding hydrogens is 462 g/mol. The minimum atomic E-state index is -3.78. The third kappa shape index (κ3) is 6.03. The smallest absolute Gasteiger partial charge is 0.306 e. The number of carboxylic acids is 1. The minimum Gasteiger partial charge on any atom is -0.481 e. The molecule has 1 N–H and O–H groups in total. The summed E-state index contributed by atoms with van der Waals surface area (Å²) in [5.41, 5.74) is 3.39. The van der Waals surface area contributed by atoms with Crippen LogP contribution >= 0.6 is 0 Å². The SMILES string of the molecule is CC(Cc1cccc(CN(Cc2ccc(-n3cccn3)cc2)S(=O)(=O)c2ccccc2)c1)C(=O)O. The van der Waals surface area contributed by atoms with Gasteiger partial charge >= 0.3 is 5.97 Å². The van der Waals surface area contributed by atoms with Crippen LogP contribution in [0.4, 0.5) is 0 Å². The van der Waals surface area contributed by atoms with Crippen molar-refractivity contribution in [2.75, 3.05) is 0 Å². The predicted molar refractivity (Wildman–Crippen MR) is 133 cm³/mol. The summed E-state index contributed by atoms with van der Waals surface area (Å²) in [4.78, 5) is 11.5. The van der Waals surface area contributed by atoms with E-state index in [1.165, 1.54) is 4.31 Å². The van der Waals surface area contributed by atoms with Crippen LogP contribution in [0.15, 0.2) is 102 Å². The maximum atomic E-state index is 13.6. The molecule has 0 aliphatic rings. The second-order valence-electron chi connectivity index (χ2n) is 8.47. The zero-order chi connectivity index (χ0) is 24.8. The first-order valence-corrected chi connectivity index (χ1v) is 12.7. The molecule has 0 aliphatic carbocycles. The molecule has 0 radical (unpaired) electrons. The fraction of sp³-hybridized carbons (Fsp3) is 0.185. The third-order valence-electron chi connectivity index (χ3n) is 5.76. The minimum absolute atomic E-state index is 0.160.